The second-order valence-corrected chi connectivity index (χ2v) is 5.96. The Bertz CT molecular complexity index is 336. The molecule has 19 heavy (non-hydrogen) atoms. The van der Waals surface area contributed by atoms with Crippen LogP contribution in [0.4, 0.5) is 0 Å². The molecule has 3 N–H and O–H groups in total. The average Bonchev–Trinajstić information content (AvgIpc) is 2.36. The van der Waals surface area contributed by atoms with Crippen LogP contribution in [-0.4, -0.2) is 59.6 Å². The van der Waals surface area contributed by atoms with E-state index in [0.29, 0.717) is 0 Å². The molecule has 0 aromatic carbocycles. The van der Waals surface area contributed by atoms with Gasteiger partial charge in [0.25, 0.3) is 0 Å². The molecule has 1 aliphatic rings. The largest absolute Gasteiger partial charge is 0.388 e. The van der Waals surface area contributed by atoms with E-state index in [4.69, 9.17) is 13.8 Å². The van der Waals surface area contributed by atoms with Crippen molar-refractivity contribution in [3.63, 3.8) is 0 Å². The molecule has 1 fully saturated rings. The van der Waals surface area contributed by atoms with E-state index in [9.17, 15) is 19.9 Å². The van der Waals surface area contributed by atoms with Crippen LogP contribution >= 0.6 is 7.60 Å². The molecule has 0 unspecified atom stereocenters. The van der Waals surface area contributed by atoms with Gasteiger partial charge < -0.3 is 29.1 Å². The second-order valence-electron chi connectivity index (χ2n) is 4.06. The van der Waals surface area contributed by atoms with E-state index < -0.39 is 32.0 Å². The van der Waals surface area contributed by atoms with Crippen molar-refractivity contribution in [2.24, 2.45) is 0 Å². The van der Waals surface area contributed by atoms with Crippen LogP contribution in [0.15, 0.2) is 11.9 Å². The fraction of sp³-hybridized carbons (Fsp3) is 0.818. The minimum atomic E-state index is -3.36. The van der Waals surface area contributed by atoms with Crippen LogP contribution in [0.3, 0.4) is 0 Å². The number of hydrogen-bond donors (Lipinski definition) is 3. The zero-order chi connectivity index (χ0) is 14.5. The van der Waals surface area contributed by atoms with Crippen molar-refractivity contribution in [3.8, 4) is 0 Å². The number of aliphatic hydroxyl groups excluding tert-OH is 3. The van der Waals surface area contributed by atoms with Gasteiger partial charge in [-0.2, -0.15) is 0 Å². The van der Waals surface area contributed by atoms with Crippen LogP contribution in [0.5, 0.6) is 0 Å². The molecule has 1 heterocycles. The van der Waals surface area contributed by atoms with Crippen LogP contribution in [0.25, 0.3) is 0 Å². The highest BCUT2D eigenvalue weighted by molar-refractivity contribution is 7.57. The van der Waals surface area contributed by atoms with Gasteiger partial charge in [0.15, 0.2) is 0 Å². The van der Waals surface area contributed by atoms with Gasteiger partial charge in [0.05, 0.1) is 19.8 Å². The predicted octanol–water partition coefficient (Wildman–Crippen LogP) is 0.248. The third kappa shape index (κ3) is 4.65. The van der Waals surface area contributed by atoms with Gasteiger partial charge in [0.2, 0.25) is 0 Å². The fourth-order valence-electron chi connectivity index (χ4n) is 1.67. The first-order chi connectivity index (χ1) is 8.93. The van der Waals surface area contributed by atoms with Gasteiger partial charge in [-0.25, -0.2) is 0 Å². The Balaban J connectivity index is 2.71. The highest BCUT2D eigenvalue weighted by Crippen LogP contribution is 2.49. The van der Waals surface area contributed by atoms with Crippen molar-refractivity contribution in [2.45, 2.75) is 38.3 Å². The standard InChI is InChI=1S/C11H21O7P/c1-3-17-19(15,18-4-2)6-5-9-11(14)10(13)8(12)7-16-9/h5-6,8-14H,3-4,7H2,1-2H3/t8-,9-,10-,11-/m1/s1. The van der Waals surface area contributed by atoms with Crippen LogP contribution in [0.2, 0.25) is 0 Å². The Kier molecular flexibility index (Phi) is 6.62. The molecule has 4 atom stereocenters. The Morgan fingerprint density at radius 3 is 2.32 bits per heavy atom. The summed E-state index contributed by atoms with van der Waals surface area (Å²) in [6.45, 7) is 3.70. The van der Waals surface area contributed by atoms with Crippen LogP contribution in [0.1, 0.15) is 13.8 Å². The molecular weight excluding hydrogens is 275 g/mol. The van der Waals surface area contributed by atoms with E-state index in [1.54, 1.807) is 13.8 Å². The molecule has 0 aliphatic carbocycles. The Hall–Kier alpha value is -0.270. The van der Waals surface area contributed by atoms with Gasteiger partial charge in [0.1, 0.15) is 24.4 Å². The lowest BCUT2D eigenvalue weighted by molar-refractivity contribution is -0.173. The summed E-state index contributed by atoms with van der Waals surface area (Å²) in [5, 5.41) is 28.5. The van der Waals surface area contributed by atoms with E-state index in [1.807, 2.05) is 0 Å². The first-order valence-electron chi connectivity index (χ1n) is 6.17. The second kappa shape index (κ2) is 7.50. The zero-order valence-corrected chi connectivity index (χ0v) is 11.9. The zero-order valence-electron chi connectivity index (χ0n) is 11.0. The van der Waals surface area contributed by atoms with Crippen molar-refractivity contribution in [3.05, 3.63) is 11.9 Å². The van der Waals surface area contributed by atoms with Gasteiger partial charge in [-0.1, -0.05) is 0 Å². The summed E-state index contributed by atoms with van der Waals surface area (Å²) in [6.07, 6.45) is -3.28. The normalized spacial score (nSPS) is 32.9. The maximum Gasteiger partial charge on any atom is 0.353 e. The summed E-state index contributed by atoms with van der Waals surface area (Å²) in [7, 11) is -3.36. The average molecular weight is 296 g/mol. The lowest BCUT2D eigenvalue weighted by Crippen LogP contribution is -2.52. The quantitative estimate of drug-likeness (QED) is 0.603. The Labute approximate surface area is 112 Å². The summed E-state index contributed by atoms with van der Waals surface area (Å²) < 4.78 is 27.4. The molecule has 112 valence electrons. The smallest absolute Gasteiger partial charge is 0.353 e. The minimum absolute atomic E-state index is 0.110. The number of hydrogen-bond acceptors (Lipinski definition) is 7. The van der Waals surface area contributed by atoms with Crippen LogP contribution in [-0.2, 0) is 18.3 Å². The fourth-order valence-corrected chi connectivity index (χ4v) is 3.02. The van der Waals surface area contributed by atoms with Gasteiger partial charge >= 0.3 is 7.60 Å². The van der Waals surface area contributed by atoms with Gasteiger partial charge in [-0.3, -0.25) is 4.57 Å². The van der Waals surface area contributed by atoms with Crippen molar-refractivity contribution in [2.75, 3.05) is 19.8 Å². The monoisotopic (exact) mass is 296 g/mol. The maximum atomic E-state index is 12.1. The highest BCUT2D eigenvalue weighted by atomic mass is 31.2. The van der Waals surface area contributed by atoms with Crippen LogP contribution in [0, 0.1) is 0 Å². The summed E-state index contributed by atoms with van der Waals surface area (Å²) in [6, 6.07) is 0. The van der Waals surface area contributed by atoms with E-state index in [1.165, 1.54) is 11.9 Å². The molecule has 0 bridgehead atoms. The Morgan fingerprint density at radius 2 is 1.79 bits per heavy atom. The SMILES string of the molecule is CCOP(=O)(C=C[C@H]1OC[C@@H](O)[C@@H](O)[C@@H]1O)OCC. The Morgan fingerprint density at radius 1 is 1.21 bits per heavy atom. The summed E-state index contributed by atoms with van der Waals surface area (Å²) in [5.41, 5.74) is 0. The summed E-state index contributed by atoms with van der Waals surface area (Å²) in [4.78, 5) is 0. The van der Waals surface area contributed by atoms with Gasteiger partial charge in [-0.15, -0.1) is 0 Å². The highest BCUT2D eigenvalue weighted by Gasteiger charge is 2.36. The van der Waals surface area contributed by atoms with Gasteiger partial charge in [0, 0.05) is 5.82 Å². The van der Waals surface area contributed by atoms with Crippen LogP contribution < -0.4 is 0 Å². The molecule has 1 rings (SSSR count). The molecule has 0 amide bonds. The molecule has 0 spiro atoms. The van der Waals surface area contributed by atoms with E-state index in [2.05, 4.69) is 0 Å². The lowest BCUT2D eigenvalue weighted by Gasteiger charge is -2.33. The topological polar surface area (TPSA) is 105 Å². The first kappa shape index (κ1) is 16.8. The number of aliphatic hydroxyl groups is 3. The third-order valence-corrected chi connectivity index (χ3v) is 4.39. The summed E-state index contributed by atoms with van der Waals surface area (Å²) in [5.74, 6) is 1.21. The van der Waals surface area contributed by atoms with E-state index in [-0.39, 0.29) is 19.8 Å². The molecule has 0 radical (unpaired) electrons. The maximum absolute atomic E-state index is 12.1. The predicted molar refractivity (Wildman–Crippen MR) is 67.8 cm³/mol. The third-order valence-electron chi connectivity index (χ3n) is 2.62. The molecule has 8 heteroatoms. The molecule has 0 aromatic rings. The molecule has 0 saturated carbocycles. The minimum Gasteiger partial charge on any atom is -0.388 e. The van der Waals surface area contributed by atoms with Gasteiger partial charge in [-0.05, 0) is 19.9 Å². The molecule has 1 aliphatic heterocycles. The molecule has 0 aromatic heterocycles. The number of ether oxygens (including phenoxy) is 1. The first-order valence-corrected chi connectivity index (χ1v) is 7.78. The number of rotatable bonds is 6. The van der Waals surface area contributed by atoms with E-state index >= 15 is 0 Å². The lowest BCUT2D eigenvalue weighted by atomic mass is 10.0. The molecular formula is C11H21O7P. The molecule has 1 saturated heterocycles. The van der Waals surface area contributed by atoms with E-state index in [0.717, 1.165) is 0 Å². The van der Waals surface area contributed by atoms with Crippen molar-refractivity contribution < 1.29 is 33.7 Å². The van der Waals surface area contributed by atoms with Crippen molar-refractivity contribution >= 4 is 7.60 Å². The van der Waals surface area contributed by atoms with Crippen molar-refractivity contribution in [1.82, 2.24) is 0 Å². The molecule has 7 nitrogen and oxygen atoms in total. The van der Waals surface area contributed by atoms with Crippen molar-refractivity contribution in [1.29, 1.82) is 0 Å². The summed E-state index contributed by atoms with van der Waals surface area (Å²) >= 11 is 0.